The van der Waals surface area contributed by atoms with E-state index in [1.54, 1.807) is 0 Å². The summed E-state index contributed by atoms with van der Waals surface area (Å²) in [4.78, 5) is 3.72. The zero-order valence-corrected chi connectivity index (χ0v) is 17.9. The van der Waals surface area contributed by atoms with Crippen molar-refractivity contribution >= 4 is 14.9 Å². The Morgan fingerprint density at radius 2 is 1.71 bits per heavy atom. The Hall–Kier alpha value is -0.726. The van der Waals surface area contributed by atoms with Crippen LogP contribution in [0.15, 0.2) is 57.5 Å². The van der Waals surface area contributed by atoms with E-state index in [4.69, 9.17) is 0 Å². The van der Waals surface area contributed by atoms with Crippen molar-refractivity contribution in [3.63, 3.8) is 0 Å². The minimum Gasteiger partial charge on any atom is -1.00 e. The molecule has 126 valence electrons. The van der Waals surface area contributed by atoms with E-state index in [9.17, 15) is 0 Å². The number of halogens is 2. The van der Waals surface area contributed by atoms with Crippen LogP contribution in [-0.2, 0) is 24.6 Å². The summed E-state index contributed by atoms with van der Waals surface area (Å²) in [6, 6.07) is 8.72. The number of nitrogens with one attached hydrogen (secondary N) is 1. The maximum absolute atomic E-state index is 3.72. The van der Waals surface area contributed by atoms with E-state index >= 15 is 0 Å². The molecule has 4 heteroatoms. The molecule has 0 bridgehead atoms. The van der Waals surface area contributed by atoms with Crippen molar-refractivity contribution in [3.05, 3.63) is 63.1 Å². The standard InChI is InChI=1S/C12H14N.C8H9.2ClH.Ti/c1-12(2,3)10-8-13-11-7-5-4-6-9(10)11;1-7(2)8-5-3-4-6-8;;;/h4-7,13H,1-3H3;3-5H,1-2H3;2*1H;/q;;;;+2/p-2. The van der Waals surface area contributed by atoms with Crippen molar-refractivity contribution in [2.45, 2.75) is 40.0 Å². The summed E-state index contributed by atoms with van der Waals surface area (Å²) in [5.41, 5.74) is 5.80. The molecule has 1 aromatic carbocycles. The van der Waals surface area contributed by atoms with Gasteiger partial charge in [-0.2, -0.15) is 0 Å². The smallest absolute Gasteiger partial charge is 1.00 e. The van der Waals surface area contributed by atoms with E-state index in [-0.39, 0.29) is 49.4 Å². The first-order valence-electron chi connectivity index (χ1n) is 7.82. The number of rotatable bonds is 2. The van der Waals surface area contributed by atoms with Crippen LogP contribution in [-0.4, -0.2) is 4.98 Å². The summed E-state index contributed by atoms with van der Waals surface area (Å²) >= 11 is -0.360. The molecule has 1 aromatic heterocycles. The second-order valence-electron chi connectivity index (χ2n) is 7.15. The fraction of sp³-hybridized carbons (Fsp3) is 0.300. The normalized spacial score (nSPS) is 13.2. The molecule has 0 saturated carbocycles. The van der Waals surface area contributed by atoms with Gasteiger partial charge in [0, 0.05) is 0 Å². The molecule has 1 N–H and O–H groups in total. The minimum absolute atomic E-state index is 0. The summed E-state index contributed by atoms with van der Waals surface area (Å²) < 4.78 is 3.01. The third kappa shape index (κ3) is 4.08. The van der Waals surface area contributed by atoms with Gasteiger partial charge in [0.05, 0.1) is 0 Å². The topological polar surface area (TPSA) is 15.8 Å². The van der Waals surface area contributed by atoms with E-state index in [0.29, 0.717) is 0 Å². The predicted octanol–water partition coefficient (Wildman–Crippen LogP) is -1.03. The first-order chi connectivity index (χ1) is 10.4. The van der Waals surface area contributed by atoms with Crippen molar-refractivity contribution in [2.24, 2.45) is 0 Å². The van der Waals surface area contributed by atoms with Crippen LogP contribution < -0.4 is 28.8 Å². The van der Waals surface area contributed by atoms with Gasteiger partial charge < -0.3 is 24.8 Å². The molecule has 0 amide bonds. The van der Waals surface area contributed by atoms with Crippen molar-refractivity contribution in [1.29, 1.82) is 0 Å². The van der Waals surface area contributed by atoms with Gasteiger partial charge in [-0.25, -0.2) is 0 Å². The molecule has 1 aliphatic rings. The van der Waals surface area contributed by atoms with Crippen LogP contribution in [0.25, 0.3) is 10.9 Å². The third-order valence-corrected chi connectivity index (χ3v) is 6.15. The van der Waals surface area contributed by atoms with Gasteiger partial charge >= 0.3 is 142 Å². The van der Waals surface area contributed by atoms with Gasteiger partial charge in [-0.3, -0.25) is 0 Å². The maximum Gasteiger partial charge on any atom is -1.00 e. The van der Waals surface area contributed by atoms with E-state index < -0.39 is 0 Å². The number of benzene rings is 1. The molecule has 1 heterocycles. The summed E-state index contributed by atoms with van der Waals surface area (Å²) in [5, 5.41) is 1.39. The number of hydrogen-bond acceptors (Lipinski definition) is 0. The van der Waals surface area contributed by atoms with Gasteiger partial charge in [0.2, 0.25) is 0 Å². The van der Waals surface area contributed by atoms with Crippen molar-refractivity contribution in [3.8, 4) is 0 Å². The fourth-order valence-electron chi connectivity index (χ4n) is 3.11. The van der Waals surface area contributed by atoms with Crippen LogP contribution in [0.3, 0.4) is 0 Å². The Bertz CT molecular complexity index is 816. The second-order valence-corrected chi connectivity index (χ2v) is 9.16. The van der Waals surface area contributed by atoms with Gasteiger partial charge in [0.1, 0.15) is 0 Å². The van der Waals surface area contributed by atoms with Crippen LogP contribution in [0.2, 0.25) is 0 Å². The number of aromatic nitrogens is 1. The Labute approximate surface area is 166 Å². The molecule has 24 heavy (non-hydrogen) atoms. The van der Waals surface area contributed by atoms with Crippen molar-refractivity contribution < 1.29 is 44.0 Å². The van der Waals surface area contributed by atoms with Gasteiger partial charge in [-0.05, 0) is 0 Å². The average molecular weight is 396 g/mol. The molecular weight excluding hydrogens is 373 g/mol. The molecule has 3 rings (SSSR count). The molecule has 1 aliphatic carbocycles. The summed E-state index contributed by atoms with van der Waals surface area (Å²) in [6.45, 7) is 11.4. The van der Waals surface area contributed by atoms with E-state index in [1.807, 2.05) is 0 Å². The van der Waals surface area contributed by atoms with Crippen LogP contribution >= 0.6 is 0 Å². The van der Waals surface area contributed by atoms with Crippen LogP contribution in [0, 0.1) is 0 Å². The predicted molar refractivity (Wildman–Crippen MR) is 92.2 cm³/mol. The number of aromatic amines is 1. The van der Waals surface area contributed by atoms with Gasteiger partial charge in [0.15, 0.2) is 0 Å². The Morgan fingerprint density at radius 3 is 2.33 bits per heavy atom. The molecule has 2 aromatic rings. The second kappa shape index (κ2) is 8.10. The number of hydrogen-bond donors (Lipinski definition) is 1. The fourth-order valence-corrected chi connectivity index (χ4v) is 5.85. The Morgan fingerprint density at radius 1 is 1.04 bits per heavy atom. The molecule has 0 radical (unpaired) electrons. The number of para-hydroxylation sites is 1. The van der Waals surface area contributed by atoms with Gasteiger partial charge in [0.25, 0.3) is 0 Å². The van der Waals surface area contributed by atoms with Crippen LogP contribution in [0.4, 0.5) is 0 Å². The SMILES string of the molecule is CC(C)=C1C=CC=[C]1[Ti+2][c]1[nH]c2ccccc2c1C(C)(C)C.[Cl-].[Cl-]. The summed E-state index contributed by atoms with van der Waals surface area (Å²) in [6.07, 6.45) is 6.76. The molecule has 0 spiro atoms. The van der Waals surface area contributed by atoms with Crippen molar-refractivity contribution in [2.75, 3.05) is 0 Å². The number of fused-ring (bicyclic) bond motifs is 1. The minimum atomic E-state index is -0.360. The third-order valence-electron chi connectivity index (χ3n) is 4.07. The van der Waals surface area contributed by atoms with Crippen molar-refractivity contribution in [1.82, 2.24) is 4.98 Å². The maximum atomic E-state index is 3.72. The molecule has 0 fully saturated rings. The molecular formula is C20H23Cl2NTi. The zero-order chi connectivity index (χ0) is 15.9. The monoisotopic (exact) mass is 395 g/mol. The summed E-state index contributed by atoms with van der Waals surface area (Å²) in [7, 11) is 0. The van der Waals surface area contributed by atoms with E-state index in [2.05, 4.69) is 82.1 Å². The Balaban J connectivity index is 0.00000144. The van der Waals surface area contributed by atoms with Crippen LogP contribution in [0.5, 0.6) is 0 Å². The first kappa shape index (κ1) is 21.3. The molecule has 0 aliphatic heterocycles. The Kier molecular flexibility index (Phi) is 7.20. The molecule has 0 unspecified atom stereocenters. The molecule has 0 saturated heterocycles. The number of H-pyrrole nitrogens is 1. The van der Waals surface area contributed by atoms with Crippen LogP contribution in [0.1, 0.15) is 40.2 Å². The zero-order valence-electron chi connectivity index (χ0n) is 14.8. The molecule has 0 atom stereocenters. The van der Waals surface area contributed by atoms with Gasteiger partial charge in [-0.15, -0.1) is 0 Å². The van der Waals surface area contributed by atoms with E-state index in [0.717, 1.165) is 0 Å². The first-order valence-corrected chi connectivity index (χ1v) is 9.38. The van der Waals surface area contributed by atoms with E-state index in [1.165, 1.54) is 35.5 Å². The quantitative estimate of drug-likeness (QED) is 0.626. The largest absolute Gasteiger partial charge is 1.00 e. The summed E-state index contributed by atoms with van der Waals surface area (Å²) in [5.74, 6) is 0. The number of allylic oxidation sites excluding steroid dienone is 6. The molecule has 1 nitrogen and oxygen atoms in total. The average Bonchev–Trinajstić information content (AvgIpc) is 3.01. The van der Waals surface area contributed by atoms with Gasteiger partial charge in [-0.1, -0.05) is 0 Å².